The number of nitrogens with zero attached hydrogens (tertiary/aromatic N) is 5. The van der Waals surface area contributed by atoms with E-state index in [0.29, 0.717) is 47.8 Å². The Bertz CT molecular complexity index is 2030. The topological polar surface area (TPSA) is 98.0 Å². The van der Waals surface area contributed by atoms with Gasteiger partial charge in [-0.3, -0.25) is 19.3 Å². The molecule has 1 N–H and O–H groups in total. The quantitative estimate of drug-likeness (QED) is 0.241. The van der Waals surface area contributed by atoms with Gasteiger partial charge in [0.1, 0.15) is 11.6 Å². The average Bonchev–Trinajstić information content (AvgIpc) is 3.49. The fourth-order valence-corrected chi connectivity index (χ4v) is 6.45. The Morgan fingerprint density at radius 1 is 1.12 bits per heavy atom. The highest BCUT2D eigenvalue weighted by Gasteiger charge is 2.28. The van der Waals surface area contributed by atoms with Gasteiger partial charge in [-0.1, -0.05) is 56.3 Å². The molecule has 9 heteroatoms. The fraction of sp³-hybridized carbons (Fsp3) is 0.235. The van der Waals surface area contributed by atoms with Gasteiger partial charge in [0.05, 0.1) is 28.6 Å². The van der Waals surface area contributed by atoms with Crippen molar-refractivity contribution in [3.8, 4) is 22.9 Å². The molecule has 1 fully saturated rings. The standard InChI is InChI=1S/C34H31ClN6O2/c1-5-31(42)39-12-14-40(15-13-39)33-24-16-27(35)23(32-21(4)10-11-28-26(32)19-37-38-28)17-30(24)41(34(43)25(33)18-36)29-9-7-6-8-22(29)20(2)3/h5-11,16-17,19-20H,1,12-15H2,2-4H3,(H,37,38). The number of carbonyl (C=O) groups is 1. The second-order valence-corrected chi connectivity index (χ2v) is 11.6. The molecular weight excluding hydrogens is 560 g/mol. The third-order valence-corrected chi connectivity index (χ3v) is 8.64. The Hall–Kier alpha value is -4.87. The summed E-state index contributed by atoms with van der Waals surface area (Å²) < 4.78 is 1.66. The molecule has 0 atom stereocenters. The Balaban J connectivity index is 1.69. The first kappa shape index (κ1) is 28.3. The monoisotopic (exact) mass is 590 g/mol. The Labute approximate surface area is 254 Å². The molecule has 216 valence electrons. The number of anilines is 1. The van der Waals surface area contributed by atoms with E-state index < -0.39 is 5.56 Å². The van der Waals surface area contributed by atoms with E-state index in [9.17, 15) is 14.9 Å². The molecular formula is C34H31ClN6O2. The lowest BCUT2D eigenvalue weighted by molar-refractivity contribution is -0.126. The van der Waals surface area contributed by atoms with Crippen molar-refractivity contribution < 1.29 is 4.79 Å². The van der Waals surface area contributed by atoms with Gasteiger partial charge in [-0.2, -0.15) is 10.4 Å². The van der Waals surface area contributed by atoms with Crippen LogP contribution < -0.4 is 10.5 Å². The highest BCUT2D eigenvalue weighted by Crippen LogP contribution is 2.41. The zero-order chi connectivity index (χ0) is 30.4. The van der Waals surface area contributed by atoms with Gasteiger partial charge in [0.2, 0.25) is 5.91 Å². The van der Waals surface area contributed by atoms with Crippen LogP contribution in [-0.4, -0.2) is 51.8 Å². The number of hydrogen-bond donors (Lipinski definition) is 1. The summed E-state index contributed by atoms with van der Waals surface area (Å²) in [5, 5.41) is 19.9. The number of amides is 1. The van der Waals surface area contributed by atoms with E-state index in [1.54, 1.807) is 15.7 Å². The number of hydrogen-bond acceptors (Lipinski definition) is 5. The van der Waals surface area contributed by atoms with E-state index >= 15 is 0 Å². The number of aromatic amines is 1. The van der Waals surface area contributed by atoms with Crippen LogP contribution >= 0.6 is 11.6 Å². The minimum Gasteiger partial charge on any atom is -0.366 e. The van der Waals surface area contributed by atoms with Crippen molar-refractivity contribution in [1.29, 1.82) is 5.26 Å². The SMILES string of the molecule is C=CC(=O)N1CCN(c2c(C#N)c(=O)n(-c3ccccc3C(C)C)c3cc(-c4c(C)ccc5[nH]ncc45)c(Cl)cc23)CC1. The summed E-state index contributed by atoms with van der Waals surface area (Å²) in [4.78, 5) is 30.4. The van der Waals surface area contributed by atoms with Crippen molar-refractivity contribution in [2.75, 3.05) is 31.1 Å². The first-order chi connectivity index (χ1) is 20.7. The Morgan fingerprint density at radius 2 is 1.86 bits per heavy atom. The van der Waals surface area contributed by atoms with Gasteiger partial charge in [-0.25, -0.2) is 0 Å². The normalized spacial score (nSPS) is 13.6. The van der Waals surface area contributed by atoms with Gasteiger partial charge in [0.25, 0.3) is 5.56 Å². The zero-order valence-corrected chi connectivity index (χ0v) is 25.1. The van der Waals surface area contributed by atoms with Crippen molar-refractivity contribution in [3.63, 3.8) is 0 Å². The van der Waals surface area contributed by atoms with Crippen LogP contribution in [-0.2, 0) is 4.79 Å². The number of nitrogens with one attached hydrogen (secondary N) is 1. The molecule has 1 aliphatic rings. The summed E-state index contributed by atoms with van der Waals surface area (Å²) in [7, 11) is 0. The van der Waals surface area contributed by atoms with Crippen LogP contribution in [0.5, 0.6) is 0 Å². The minimum absolute atomic E-state index is 0.0477. The summed E-state index contributed by atoms with van der Waals surface area (Å²) in [6.07, 6.45) is 3.09. The molecule has 1 amide bonds. The van der Waals surface area contributed by atoms with Crippen LogP contribution in [0.3, 0.4) is 0 Å². The number of pyridine rings is 1. The number of nitriles is 1. The number of aryl methyl sites for hydroxylation is 1. The first-order valence-corrected chi connectivity index (χ1v) is 14.6. The number of halogens is 1. The summed E-state index contributed by atoms with van der Waals surface area (Å²) in [6, 6.07) is 17.9. The molecule has 0 bridgehead atoms. The molecule has 5 aromatic rings. The molecule has 43 heavy (non-hydrogen) atoms. The maximum atomic E-state index is 14.4. The molecule has 0 radical (unpaired) electrons. The van der Waals surface area contributed by atoms with Crippen LogP contribution in [0.25, 0.3) is 38.6 Å². The zero-order valence-electron chi connectivity index (χ0n) is 24.3. The number of benzene rings is 3. The maximum Gasteiger partial charge on any atom is 0.275 e. The lowest BCUT2D eigenvalue weighted by atomic mass is 9.94. The van der Waals surface area contributed by atoms with Crippen LogP contribution in [0.4, 0.5) is 5.69 Å². The highest BCUT2D eigenvalue weighted by molar-refractivity contribution is 6.35. The lowest BCUT2D eigenvalue weighted by Crippen LogP contribution is -2.49. The van der Waals surface area contributed by atoms with E-state index in [1.807, 2.05) is 60.4 Å². The smallest absolute Gasteiger partial charge is 0.275 e. The summed E-state index contributed by atoms with van der Waals surface area (Å²) in [5.41, 5.74) is 6.15. The summed E-state index contributed by atoms with van der Waals surface area (Å²) in [6.45, 7) is 11.6. The predicted molar refractivity (Wildman–Crippen MR) is 172 cm³/mol. The molecule has 2 aromatic heterocycles. The minimum atomic E-state index is -0.394. The highest BCUT2D eigenvalue weighted by atomic mass is 35.5. The predicted octanol–water partition coefficient (Wildman–Crippen LogP) is 6.33. The van der Waals surface area contributed by atoms with Gasteiger partial charge < -0.3 is 9.80 Å². The number of fused-ring (bicyclic) bond motifs is 2. The number of H-pyrrole nitrogens is 1. The average molecular weight is 591 g/mol. The van der Waals surface area contributed by atoms with E-state index in [4.69, 9.17) is 11.6 Å². The van der Waals surface area contributed by atoms with E-state index in [2.05, 4.69) is 36.7 Å². The van der Waals surface area contributed by atoms with Crippen molar-refractivity contribution in [2.45, 2.75) is 26.7 Å². The van der Waals surface area contributed by atoms with Crippen LogP contribution in [0.1, 0.15) is 36.5 Å². The fourth-order valence-electron chi connectivity index (χ4n) is 6.20. The molecule has 8 nitrogen and oxygen atoms in total. The molecule has 0 unspecified atom stereocenters. The van der Waals surface area contributed by atoms with Gasteiger partial charge in [0.15, 0.2) is 0 Å². The second-order valence-electron chi connectivity index (χ2n) is 11.1. The maximum absolute atomic E-state index is 14.4. The molecule has 1 saturated heterocycles. The number of para-hydroxylation sites is 1. The second kappa shape index (κ2) is 11.1. The molecule has 6 rings (SSSR count). The molecule has 3 aromatic carbocycles. The number of rotatable bonds is 5. The number of piperazine rings is 1. The van der Waals surface area contributed by atoms with Crippen LogP contribution in [0.15, 0.2) is 72.2 Å². The summed E-state index contributed by atoms with van der Waals surface area (Å²) in [5.74, 6) is -0.00488. The van der Waals surface area contributed by atoms with Gasteiger partial charge >= 0.3 is 0 Å². The Morgan fingerprint density at radius 3 is 2.56 bits per heavy atom. The third kappa shape index (κ3) is 4.66. The molecule has 3 heterocycles. The molecule has 0 saturated carbocycles. The molecule has 1 aliphatic heterocycles. The van der Waals surface area contributed by atoms with Crippen LogP contribution in [0.2, 0.25) is 5.02 Å². The number of aromatic nitrogens is 3. The van der Waals surface area contributed by atoms with E-state index in [1.165, 1.54) is 6.08 Å². The van der Waals surface area contributed by atoms with Crippen molar-refractivity contribution in [3.05, 3.63) is 99.4 Å². The van der Waals surface area contributed by atoms with Crippen molar-refractivity contribution in [1.82, 2.24) is 19.7 Å². The van der Waals surface area contributed by atoms with Gasteiger partial charge in [-0.05, 0) is 59.9 Å². The van der Waals surface area contributed by atoms with Gasteiger partial charge in [0, 0.05) is 47.5 Å². The van der Waals surface area contributed by atoms with Crippen molar-refractivity contribution >= 4 is 45.0 Å². The molecule has 0 aliphatic carbocycles. The van der Waals surface area contributed by atoms with Crippen LogP contribution in [0, 0.1) is 18.3 Å². The summed E-state index contributed by atoms with van der Waals surface area (Å²) >= 11 is 7.10. The lowest BCUT2D eigenvalue weighted by Gasteiger charge is -2.36. The first-order valence-electron chi connectivity index (χ1n) is 14.3. The van der Waals surface area contributed by atoms with E-state index in [-0.39, 0.29) is 17.4 Å². The molecule has 0 spiro atoms. The number of carbonyl (C=O) groups excluding carboxylic acids is 1. The van der Waals surface area contributed by atoms with Crippen molar-refractivity contribution in [2.24, 2.45) is 0 Å². The van der Waals surface area contributed by atoms with Gasteiger partial charge in [-0.15, -0.1) is 0 Å². The largest absolute Gasteiger partial charge is 0.366 e. The van der Waals surface area contributed by atoms with E-state index in [0.717, 1.165) is 38.8 Å². The Kier molecular flexibility index (Phi) is 7.28. The third-order valence-electron chi connectivity index (χ3n) is 8.33.